The first kappa shape index (κ1) is 87.8. The van der Waals surface area contributed by atoms with Crippen LogP contribution in [0.5, 0.6) is 28.7 Å². The van der Waals surface area contributed by atoms with Crippen molar-refractivity contribution < 1.29 is 66.7 Å². The maximum Gasteiger partial charge on any atom is 0.178 e. The number of aliphatic hydroxyl groups excluding tert-OH is 4. The fraction of sp³-hybridized carbons (Fsp3) is 0.556. The fourth-order valence-corrected chi connectivity index (χ4v) is 14.1. The molecule has 33 heteroatoms. The van der Waals surface area contributed by atoms with Gasteiger partial charge in [-0.3, -0.25) is 9.59 Å². The number of Topliss-reactive ketones (excluding diaryl/α,β-unsaturated/α-hetero) is 2. The SMILES string of the molecule is CC(O)c1cc(I)c(O)c(Cl)n1.CCC(=O)COc1c(I)cc(C(C)O)nc1Cl.CCC(COc1c(I)cc(C(C)O)nc1Cl)=NS(=O)C(C)(C)C.CCC1(NS(=O)C(C)(C)C)COc2c1cc(C(C)=O)nc2Cl.CCC1(NS(=O)C(C)(C)C)COc2c1cc(C(C)O)nc2Cl. The quantitative estimate of drug-likeness (QED) is 0.0165. The third-order valence-electron chi connectivity index (χ3n) is 13.8. The Morgan fingerprint density at radius 2 is 0.938 bits per heavy atom. The number of rotatable bonds is 20. The smallest absolute Gasteiger partial charge is 0.178 e. The lowest BCUT2D eigenvalue weighted by molar-refractivity contribution is -0.120. The molecule has 0 radical (unpaired) electrons. The Hall–Kier alpha value is -2.39. The van der Waals surface area contributed by atoms with Crippen LogP contribution in [0.1, 0.15) is 219 Å². The second-order valence-electron chi connectivity index (χ2n) is 24.9. The van der Waals surface area contributed by atoms with E-state index < -0.39 is 82.7 Å². The number of aromatic nitrogens is 5. The normalized spacial score (nSPS) is 18.0. The Kier molecular flexibility index (Phi) is 35.0. The predicted molar refractivity (Wildman–Crippen MR) is 407 cm³/mol. The first-order chi connectivity index (χ1) is 44.2. The van der Waals surface area contributed by atoms with Crippen LogP contribution in [-0.4, -0.2) is 121 Å². The van der Waals surface area contributed by atoms with Crippen LogP contribution >= 0.6 is 126 Å². The van der Waals surface area contributed by atoms with Crippen molar-refractivity contribution in [1.29, 1.82) is 0 Å². The highest BCUT2D eigenvalue weighted by atomic mass is 127. The fourth-order valence-electron chi connectivity index (χ4n) is 7.74. The molecule has 0 fully saturated rings. The minimum atomic E-state index is -1.32. The van der Waals surface area contributed by atoms with Crippen LogP contribution < -0.4 is 28.4 Å². The van der Waals surface area contributed by atoms with Crippen LogP contribution in [0.4, 0.5) is 0 Å². The van der Waals surface area contributed by atoms with E-state index in [2.05, 4.69) is 61.4 Å². The Morgan fingerprint density at radius 1 is 0.573 bits per heavy atom. The number of halogens is 8. The summed E-state index contributed by atoms with van der Waals surface area (Å²) >= 11 is 36.0. The molecule has 0 aromatic carbocycles. The van der Waals surface area contributed by atoms with Gasteiger partial charge in [-0.25, -0.2) is 47.0 Å². The zero-order chi connectivity index (χ0) is 73.5. The summed E-state index contributed by atoms with van der Waals surface area (Å²) in [6, 6.07) is 8.47. The minimum absolute atomic E-state index is 0.00327. The molecule has 0 saturated carbocycles. The number of carbonyl (C=O) groups excluding carboxylic acids is 2. The van der Waals surface area contributed by atoms with Gasteiger partial charge >= 0.3 is 0 Å². The van der Waals surface area contributed by atoms with Gasteiger partial charge < -0.3 is 44.5 Å². The van der Waals surface area contributed by atoms with Gasteiger partial charge in [0.05, 0.1) is 111 Å². The third-order valence-corrected chi connectivity index (χ3v) is 22.4. The van der Waals surface area contributed by atoms with Crippen molar-refractivity contribution in [2.45, 2.75) is 200 Å². The molecule has 7 rings (SSSR count). The van der Waals surface area contributed by atoms with Crippen LogP contribution in [0.2, 0.25) is 25.8 Å². The number of ketones is 2. The minimum Gasteiger partial charge on any atom is -0.504 e. The summed E-state index contributed by atoms with van der Waals surface area (Å²) in [6.07, 6.45) is -0.393. The van der Waals surface area contributed by atoms with Gasteiger partial charge in [0.2, 0.25) is 0 Å². The highest BCUT2D eigenvalue weighted by molar-refractivity contribution is 14.1. The summed E-state index contributed by atoms with van der Waals surface area (Å²) in [6.45, 7) is 33.5. The molecule has 96 heavy (non-hydrogen) atoms. The molecular weight excluding hydrogens is 1750 g/mol. The number of aromatic hydroxyl groups is 1. The number of fused-ring (bicyclic) bond motifs is 2. The third kappa shape index (κ3) is 25.0. The van der Waals surface area contributed by atoms with Crippen molar-refractivity contribution in [3.05, 3.63) is 106 Å². The highest BCUT2D eigenvalue weighted by Gasteiger charge is 2.46. The average molecular weight is 1830 g/mol. The molecule has 2 aliphatic heterocycles. The highest BCUT2D eigenvalue weighted by Crippen LogP contribution is 2.46. The van der Waals surface area contributed by atoms with Crippen molar-refractivity contribution in [3.63, 3.8) is 0 Å². The monoisotopic (exact) mass is 1830 g/mol. The molecule has 7 N–H and O–H groups in total. The molecule has 9 unspecified atom stereocenters. The second-order valence-corrected chi connectivity index (χ2v) is 36.0. The second kappa shape index (κ2) is 38.2. The molecule has 22 nitrogen and oxygen atoms in total. The molecule has 5 aromatic heterocycles. The van der Waals surface area contributed by atoms with Crippen LogP contribution in [0.15, 0.2) is 34.7 Å². The Labute approximate surface area is 636 Å². The molecule has 536 valence electrons. The lowest BCUT2D eigenvalue weighted by Gasteiger charge is -2.31. The molecule has 0 aliphatic carbocycles. The topological polar surface area (TPSA) is 324 Å². The van der Waals surface area contributed by atoms with Gasteiger partial charge in [-0.1, -0.05) is 85.7 Å². The van der Waals surface area contributed by atoms with Crippen LogP contribution in [0, 0.1) is 10.7 Å². The summed E-state index contributed by atoms with van der Waals surface area (Å²) in [5.41, 5.74) is 3.23. The summed E-state index contributed by atoms with van der Waals surface area (Å²) in [7, 11) is -3.85. The first-order valence-corrected chi connectivity index (χ1v) is 38.6. The first-order valence-electron chi connectivity index (χ1n) is 30.1. The van der Waals surface area contributed by atoms with Crippen LogP contribution in [0.3, 0.4) is 0 Å². The van der Waals surface area contributed by atoms with E-state index in [0.717, 1.165) is 18.3 Å². The van der Waals surface area contributed by atoms with E-state index in [0.29, 0.717) is 94.0 Å². The van der Waals surface area contributed by atoms with E-state index >= 15 is 0 Å². The maximum absolute atomic E-state index is 12.5. The zero-order valence-corrected chi connectivity index (χ0v) is 69.4. The van der Waals surface area contributed by atoms with Gasteiger partial charge in [0.1, 0.15) is 43.1 Å². The number of pyridine rings is 5. The molecule has 7 heterocycles. The molecule has 2 aliphatic rings. The molecule has 0 bridgehead atoms. The van der Waals surface area contributed by atoms with Crippen LogP contribution in [-0.2, 0) is 48.8 Å². The van der Waals surface area contributed by atoms with Crippen LogP contribution in [0.25, 0.3) is 0 Å². The Bertz CT molecular complexity index is 3590. The number of nitrogens with one attached hydrogen (secondary N) is 2. The number of aliphatic hydroxyl groups is 4. The number of hydrogen-bond donors (Lipinski definition) is 7. The molecule has 0 spiro atoms. The average Bonchev–Trinajstić information content (AvgIpc) is 1.60. The standard InChI is InChI=1S/C15H22ClIN2O3S.C15H23ClN2O3S.C15H21ClN2O3S.C11H13ClINO3.C7H7ClINO2/c1-6-10(19-23(21)15(3,4)5)8-22-13-11(17)7-12(9(2)20)18-14(13)16;2*1-6-15(18-22(20)14(3,4)5)8-21-12-10(15)7-11(9(2)19)17-13(12)16;1-3-7(16)5-17-10-8(13)4-9(6(2)15)14-11(10)12;1-3(11)5-2-4(9)6(12)7(8)10-5/h7,9,20H,6,8H2,1-5H3;7,9,18-19H,6,8H2,1-5H3;7,18H,6,8H2,1-5H3;4,6,15H,3,5H2,1-2H3;2-3,11-12H,1H3. The number of ether oxygens (including phenoxy) is 4. The van der Waals surface area contributed by atoms with Gasteiger partial charge in [0.25, 0.3) is 0 Å². The Balaban J connectivity index is 0.000000317. The molecule has 9 atom stereocenters. The summed E-state index contributed by atoms with van der Waals surface area (Å²) < 4.78 is 71.1. The van der Waals surface area contributed by atoms with Crippen molar-refractivity contribution >= 4 is 176 Å². The maximum atomic E-state index is 12.5. The molecule has 0 amide bonds. The largest absolute Gasteiger partial charge is 0.504 e. The van der Waals surface area contributed by atoms with Gasteiger partial charge in [-0.15, -0.1) is 0 Å². The van der Waals surface area contributed by atoms with Crippen molar-refractivity contribution in [1.82, 2.24) is 34.4 Å². The summed E-state index contributed by atoms with van der Waals surface area (Å²) in [4.78, 5) is 42.9. The molecular formula is C63H86Cl5I3N8O14S3. The van der Waals surface area contributed by atoms with E-state index in [1.165, 1.54) is 6.92 Å². The van der Waals surface area contributed by atoms with E-state index in [4.69, 9.17) is 82.1 Å². The lowest BCUT2D eigenvalue weighted by Crippen LogP contribution is -2.48. The van der Waals surface area contributed by atoms with E-state index in [1.807, 2.05) is 128 Å². The summed E-state index contributed by atoms with van der Waals surface area (Å²) in [5.74, 6) is 1.59. The van der Waals surface area contributed by atoms with Gasteiger partial charge in [-0.2, -0.15) is 4.40 Å². The van der Waals surface area contributed by atoms with Crippen molar-refractivity contribution in [2.24, 2.45) is 4.40 Å². The zero-order valence-electron chi connectivity index (χ0n) is 56.7. The van der Waals surface area contributed by atoms with Gasteiger partial charge in [-0.05, 0) is 207 Å². The van der Waals surface area contributed by atoms with Gasteiger partial charge in [0.15, 0.2) is 66.1 Å². The van der Waals surface area contributed by atoms with Gasteiger partial charge in [0, 0.05) is 24.5 Å². The predicted octanol–water partition coefficient (Wildman–Crippen LogP) is 14.8. The Morgan fingerprint density at radius 3 is 1.28 bits per heavy atom. The van der Waals surface area contributed by atoms with Crippen molar-refractivity contribution in [2.75, 3.05) is 26.4 Å². The molecule has 0 saturated heterocycles. The summed E-state index contributed by atoms with van der Waals surface area (Å²) in [5, 5.41) is 47.9. The lowest BCUT2D eigenvalue weighted by atomic mass is 9.90. The number of carbonyl (C=O) groups is 2. The van der Waals surface area contributed by atoms with E-state index in [1.54, 1.807) is 65.0 Å². The molecule has 5 aromatic rings. The number of nitrogens with zero attached hydrogens (tertiary/aromatic N) is 6. The van der Waals surface area contributed by atoms with Crippen molar-refractivity contribution in [3.8, 4) is 28.7 Å². The van der Waals surface area contributed by atoms with E-state index in [9.17, 15) is 42.6 Å². The van der Waals surface area contributed by atoms with E-state index in [-0.39, 0.29) is 62.0 Å². The number of hydrogen-bond acceptors (Lipinski definition) is 19.